The van der Waals surface area contributed by atoms with E-state index in [0.29, 0.717) is 28.9 Å². The number of benzene rings is 3. The number of methoxy groups -OCH3 is 4. The van der Waals surface area contributed by atoms with Gasteiger partial charge in [0, 0.05) is 5.56 Å². The van der Waals surface area contributed by atoms with Crippen molar-refractivity contribution in [2.75, 3.05) is 33.2 Å². The maximum Gasteiger partial charge on any atom is 0.416 e. The smallest absolute Gasteiger partial charge is 0.416 e. The van der Waals surface area contributed by atoms with Crippen LogP contribution in [0.2, 0.25) is 0 Å². The van der Waals surface area contributed by atoms with Gasteiger partial charge in [-0.2, -0.15) is 13.2 Å². The minimum Gasteiger partial charge on any atom is -0.494 e. The van der Waals surface area contributed by atoms with Crippen LogP contribution >= 0.6 is 0 Å². The molecule has 0 bridgehead atoms. The molecule has 1 N–H and O–H groups in total. The zero-order valence-electron chi connectivity index (χ0n) is 20.1. The highest BCUT2D eigenvalue weighted by molar-refractivity contribution is 7.92. The monoisotopic (exact) mass is 541 g/mol. The predicted molar refractivity (Wildman–Crippen MR) is 130 cm³/mol. The van der Waals surface area contributed by atoms with Crippen LogP contribution in [0.5, 0.6) is 23.0 Å². The van der Waals surface area contributed by atoms with Gasteiger partial charge in [0.15, 0.2) is 23.1 Å². The minimum atomic E-state index is -4.76. The molecule has 0 unspecified atom stereocenters. The highest BCUT2D eigenvalue weighted by Gasteiger charge is 2.32. The van der Waals surface area contributed by atoms with E-state index in [9.17, 15) is 21.6 Å². The maximum absolute atomic E-state index is 15.2. The van der Waals surface area contributed by atoms with E-state index < -0.39 is 38.2 Å². The van der Waals surface area contributed by atoms with E-state index >= 15 is 4.39 Å². The Morgan fingerprint density at radius 1 is 0.811 bits per heavy atom. The van der Waals surface area contributed by atoms with E-state index in [1.165, 1.54) is 52.7 Å². The van der Waals surface area contributed by atoms with Gasteiger partial charge in [0.1, 0.15) is 0 Å². The van der Waals surface area contributed by atoms with Crippen molar-refractivity contribution in [2.45, 2.75) is 11.1 Å². The molecule has 0 aliphatic rings. The van der Waals surface area contributed by atoms with Crippen LogP contribution in [-0.4, -0.2) is 36.9 Å². The molecule has 0 heterocycles. The van der Waals surface area contributed by atoms with Gasteiger partial charge in [0.25, 0.3) is 10.0 Å². The molecule has 37 heavy (non-hydrogen) atoms. The SMILES string of the molecule is COc1ccc(/C=C\c2cc(OC)c(OC)c(OC)c2)c(NS(=O)(=O)c2cccc(C(F)(F)F)c2)c1F. The molecule has 3 aromatic carbocycles. The van der Waals surface area contributed by atoms with Gasteiger partial charge in [0.05, 0.1) is 44.6 Å². The van der Waals surface area contributed by atoms with E-state index in [0.717, 1.165) is 18.2 Å². The lowest BCUT2D eigenvalue weighted by molar-refractivity contribution is -0.137. The number of alkyl halides is 3. The number of nitrogens with one attached hydrogen (secondary N) is 1. The molecule has 0 atom stereocenters. The summed E-state index contributed by atoms with van der Waals surface area (Å²) in [5, 5.41) is 0. The predicted octanol–water partition coefficient (Wildman–Crippen LogP) is 5.85. The van der Waals surface area contributed by atoms with Crippen molar-refractivity contribution in [2.24, 2.45) is 0 Å². The van der Waals surface area contributed by atoms with E-state index in [1.54, 1.807) is 12.1 Å². The van der Waals surface area contributed by atoms with Gasteiger partial charge in [-0.25, -0.2) is 12.8 Å². The topological polar surface area (TPSA) is 83.1 Å². The Kier molecular flexibility index (Phi) is 8.22. The summed E-state index contributed by atoms with van der Waals surface area (Å²) in [4.78, 5) is -0.691. The van der Waals surface area contributed by atoms with Gasteiger partial charge >= 0.3 is 6.18 Å². The summed E-state index contributed by atoms with van der Waals surface area (Å²) >= 11 is 0. The van der Waals surface area contributed by atoms with Crippen LogP contribution in [0.25, 0.3) is 12.2 Å². The third kappa shape index (κ3) is 6.08. The second kappa shape index (κ2) is 11.0. The number of halogens is 4. The number of ether oxygens (including phenoxy) is 4. The Labute approximate surface area is 211 Å². The van der Waals surface area contributed by atoms with Crippen molar-refractivity contribution in [1.82, 2.24) is 0 Å². The van der Waals surface area contributed by atoms with E-state index in [-0.39, 0.29) is 11.3 Å². The van der Waals surface area contributed by atoms with E-state index in [1.807, 2.05) is 0 Å². The van der Waals surface area contributed by atoms with Crippen LogP contribution in [-0.2, 0) is 16.2 Å². The second-order valence-electron chi connectivity index (χ2n) is 7.47. The summed E-state index contributed by atoms with van der Waals surface area (Å²) in [7, 11) is 0.887. The van der Waals surface area contributed by atoms with Crippen molar-refractivity contribution in [3.63, 3.8) is 0 Å². The van der Waals surface area contributed by atoms with Crippen molar-refractivity contribution < 1.29 is 44.9 Å². The van der Waals surface area contributed by atoms with Crippen LogP contribution in [0.15, 0.2) is 53.4 Å². The van der Waals surface area contributed by atoms with E-state index in [2.05, 4.69) is 4.72 Å². The summed E-state index contributed by atoms with van der Waals surface area (Å²) < 4.78 is 103. The standard InChI is InChI=1S/C25H23F4NO6S/c1-33-19-11-10-16(9-8-15-12-20(34-2)24(36-4)21(13-15)35-3)23(22(19)26)30-37(31,32)18-7-5-6-17(14-18)25(27,28)29/h5-14,30H,1-4H3/b9-8-. The molecule has 3 aromatic rings. The molecule has 3 rings (SSSR count). The normalized spacial score (nSPS) is 11.9. The first-order valence-corrected chi connectivity index (χ1v) is 12.0. The molecule has 0 aliphatic heterocycles. The second-order valence-corrected chi connectivity index (χ2v) is 9.15. The summed E-state index contributed by atoms with van der Waals surface area (Å²) in [6, 6.07) is 9.02. The fraction of sp³-hybridized carbons (Fsp3) is 0.200. The molecule has 198 valence electrons. The Bertz CT molecular complexity index is 1400. The molecule has 0 spiro atoms. The average Bonchev–Trinajstić information content (AvgIpc) is 2.87. The summed E-state index contributed by atoms with van der Waals surface area (Å²) in [5.74, 6) is -0.260. The minimum absolute atomic E-state index is 0.0719. The zero-order valence-corrected chi connectivity index (χ0v) is 21.0. The number of hydrogen-bond donors (Lipinski definition) is 1. The van der Waals surface area contributed by atoms with Gasteiger partial charge in [-0.15, -0.1) is 0 Å². The molecule has 0 fully saturated rings. The average molecular weight is 542 g/mol. The van der Waals surface area contributed by atoms with Crippen molar-refractivity contribution in [1.29, 1.82) is 0 Å². The highest BCUT2D eigenvalue weighted by atomic mass is 32.2. The molecule has 0 saturated carbocycles. The van der Waals surface area contributed by atoms with Crippen LogP contribution in [0, 0.1) is 5.82 Å². The van der Waals surface area contributed by atoms with Gasteiger partial charge in [-0.1, -0.05) is 18.2 Å². The van der Waals surface area contributed by atoms with Crippen molar-refractivity contribution >= 4 is 27.9 Å². The number of rotatable bonds is 9. The van der Waals surface area contributed by atoms with Crippen LogP contribution in [0.3, 0.4) is 0 Å². The van der Waals surface area contributed by atoms with Crippen LogP contribution in [0.4, 0.5) is 23.2 Å². The Morgan fingerprint density at radius 3 is 1.97 bits per heavy atom. The van der Waals surface area contributed by atoms with Crippen molar-refractivity contribution in [3.05, 3.63) is 71.0 Å². The first-order valence-electron chi connectivity index (χ1n) is 10.5. The number of hydrogen-bond acceptors (Lipinski definition) is 6. The van der Waals surface area contributed by atoms with Crippen LogP contribution in [0.1, 0.15) is 16.7 Å². The third-order valence-electron chi connectivity index (χ3n) is 5.21. The first-order chi connectivity index (χ1) is 17.4. The molecule has 12 heteroatoms. The van der Waals surface area contributed by atoms with E-state index in [4.69, 9.17) is 18.9 Å². The molecule has 7 nitrogen and oxygen atoms in total. The van der Waals surface area contributed by atoms with Crippen LogP contribution < -0.4 is 23.7 Å². The fourth-order valence-corrected chi connectivity index (χ4v) is 4.52. The first kappa shape index (κ1) is 27.7. The maximum atomic E-state index is 15.2. The van der Waals surface area contributed by atoms with Crippen molar-refractivity contribution in [3.8, 4) is 23.0 Å². The largest absolute Gasteiger partial charge is 0.494 e. The van der Waals surface area contributed by atoms with Gasteiger partial charge in [-0.3, -0.25) is 4.72 Å². The molecule has 0 amide bonds. The quantitative estimate of drug-likeness (QED) is 0.270. The Balaban J connectivity index is 2.07. The lowest BCUT2D eigenvalue weighted by Gasteiger charge is -2.15. The van der Waals surface area contributed by atoms with Gasteiger partial charge < -0.3 is 18.9 Å². The van der Waals surface area contributed by atoms with Gasteiger partial charge in [-0.05, 0) is 48.0 Å². The lowest BCUT2D eigenvalue weighted by atomic mass is 10.1. The summed E-state index contributed by atoms with van der Waals surface area (Å²) in [5.41, 5.74) is -1.07. The molecule has 0 aromatic heterocycles. The molecular formula is C25H23F4NO6S. The molecule has 0 saturated heterocycles. The molecular weight excluding hydrogens is 518 g/mol. The highest BCUT2D eigenvalue weighted by Crippen LogP contribution is 2.39. The van der Waals surface area contributed by atoms with Gasteiger partial charge in [0.2, 0.25) is 5.75 Å². The number of sulfonamides is 1. The Hall–Kier alpha value is -3.93. The Morgan fingerprint density at radius 2 is 1.43 bits per heavy atom. The summed E-state index contributed by atoms with van der Waals surface area (Å²) in [6.07, 6.45) is -1.82. The lowest BCUT2D eigenvalue weighted by Crippen LogP contribution is -2.16. The summed E-state index contributed by atoms with van der Waals surface area (Å²) in [6.45, 7) is 0. The molecule has 0 aliphatic carbocycles. The molecule has 0 radical (unpaired) electrons. The third-order valence-corrected chi connectivity index (χ3v) is 6.56. The zero-order chi connectivity index (χ0) is 27.4. The number of anilines is 1. The fourth-order valence-electron chi connectivity index (χ4n) is 3.39.